The van der Waals surface area contributed by atoms with Crippen molar-refractivity contribution < 1.29 is 34.0 Å². The van der Waals surface area contributed by atoms with Crippen molar-refractivity contribution in [3.05, 3.63) is 17.6 Å². The second-order valence-electron chi connectivity index (χ2n) is 11.5. The molecule has 0 bridgehead atoms. The predicted molar refractivity (Wildman–Crippen MR) is 170 cm³/mol. The lowest BCUT2D eigenvalue weighted by Gasteiger charge is -2.26. The number of unbranched alkanes of at least 4 members (excludes halogenated alkanes) is 13. The smallest absolute Gasteiger partial charge is 0.308 e. The number of nitrogen functional groups attached to an aromatic ring is 1. The average Bonchev–Trinajstić information content (AvgIpc) is 3.38. The first-order valence-electron chi connectivity index (χ1n) is 16.3. The molecule has 0 aliphatic carbocycles. The molecule has 2 aromatic heterocycles. The van der Waals surface area contributed by atoms with Crippen molar-refractivity contribution in [3.63, 3.8) is 0 Å². The topological polar surface area (TPSA) is 185 Å². The van der Waals surface area contributed by atoms with Gasteiger partial charge < -0.3 is 40.5 Å². The zero-order valence-electron chi connectivity index (χ0n) is 27.0. The van der Waals surface area contributed by atoms with E-state index in [0.717, 1.165) is 12.8 Å². The number of hydrogen-bond donors (Lipinski definition) is 4. The van der Waals surface area contributed by atoms with Crippen LogP contribution in [-0.2, 0) is 19.0 Å². The summed E-state index contributed by atoms with van der Waals surface area (Å²) in [5.74, 6) is -0.979. The van der Waals surface area contributed by atoms with Crippen LogP contribution in [0.3, 0.4) is 0 Å². The van der Waals surface area contributed by atoms with E-state index in [4.69, 9.17) is 25.7 Å². The third-order valence-electron chi connectivity index (χ3n) is 7.85. The molecule has 250 valence electrons. The molecule has 1 amide bonds. The largest absolute Gasteiger partial charge is 0.463 e. The Balaban J connectivity index is 1.61. The summed E-state index contributed by atoms with van der Waals surface area (Å²) in [6.07, 6.45) is 15.2. The van der Waals surface area contributed by atoms with Crippen molar-refractivity contribution in [2.75, 3.05) is 32.7 Å². The molecular weight excluding hydrogens is 566 g/mol. The van der Waals surface area contributed by atoms with Gasteiger partial charge >= 0.3 is 5.97 Å². The van der Waals surface area contributed by atoms with E-state index in [2.05, 4.69) is 16.9 Å². The van der Waals surface area contributed by atoms with Gasteiger partial charge in [0, 0.05) is 19.9 Å². The molecule has 2 heterocycles. The summed E-state index contributed by atoms with van der Waals surface area (Å²) in [4.78, 5) is 32.5. The van der Waals surface area contributed by atoms with Crippen LogP contribution in [0.2, 0.25) is 0 Å². The van der Waals surface area contributed by atoms with Crippen molar-refractivity contribution in [1.29, 1.82) is 0 Å². The second-order valence-corrected chi connectivity index (χ2v) is 11.5. The van der Waals surface area contributed by atoms with Crippen LogP contribution in [0.4, 0.5) is 5.82 Å². The van der Waals surface area contributed by atoms with Crippen LogP contribution in [0.25, 0.3) is 11.0 Å². The Morgan fingerprint density at radius 2 is 1.48 bits per heavy atom. The van der Waals surface area contributed by atoms with Crippen LogP contribution in [0.5, 0.6) is 0 Å². The molecule has 0 aliphatic rings. The number of aliphatic hydroxyl groups is 2. The number of aryl methyl sites for hydroxylation is 1. The van der Waals surface area contributed by atoms with Gasteiger partial charge in [0.2, 0.25) is 0 Å². The average molecular weight is 622 g/mol. The number of primary amides is 1. The maximum absolute atomic E-state index is 12.2. The normalized spacial score (nSPS) is 13.7. The molecule has 0 radical (unpaired) electrons. The van der Waals surface area contributed by atoms with Gasteiger partial charge in [-0.25, -0.2) is 9.97 Å². The fourth-order valence-corrected chi connectivity index (χ4v) is 5.24. The van der Waals surface area contributed by atoms with Gasteiger partial charge in [-0.3, -0.25) is 9.59 Å². The maximum atomic E-state index is 12.2. The number of esters is 1. The van der Waals surface area contributed by atoms with Gasteiger partial charge in [0.15, 0.2) is 6.23 Å². The first-order chi connectivity index (χ1) is 21.2. The van der Waals surface area contributed by atoms with Gasteiger partial charge in [0.25, 0.3) is 5.91 Å². The number of aliphatic hydroxyl groups excluding tert-OH is 2. The number of hydrogen-bond acceptors (Lipinski definition) is 10. The number of amides is 1. The van der Waals surface area contributed by atoms with E-state index in [9.17, 15) is 19.8 Å². The second kappa shape index (κ2) is 21.0. The Bertz CT molecular complexity index is 1130. The first kappa shape index (κ1) is 37.4. The lowest BCUT2D eigenvalue weighted by Crippen LogP contribution is -2.40. The van der Waals surface area contributed by atoms with Crippen molar-refractivity contribution in [1.82, 2.24) is 14.5 Å². The molecule has 6 N–H and O–H groups in total. The van der Waals surface area contributed by atoms with Gasteiger partial charge in [0.1, 0.15) is 36.1 Å². The number of nitrogens with zero attached hydrogens (tertiary/aromatic N) is 3. The molecule has 3 atom stereocenters. The van der Waals surface area contributed by atoms with Crippen LogP contribution < -0.4 is 11.5 Å². The van der Waals surface area contributed by atoms with Gasteiger partial charge in [-0.05, 0) is 13.3 Å². The number of carbonyl (C=O) groups is 2. The molecule has 2 rings (SSSR count). The number of ether oxygens (including phenoxy) is 3. The fourth-order valence-electron chi connectivity index (χ4n) is 5.24. The number of methoxy groups -OCH3 is 1. The summed E-state index contributed by atoms with van der Waals surface area (Å²) in [6, 6.07) is 0. The van der Waals surface area contributed by atoms with Crippen molar-refractivity contribution in [3.8, 4) is 0 Å². The zero-order chi connectivity index (χ0) is 32.3. The number of fused-ring (bicyclic) bond motifs is 1. The Morgan fingerprint density at radius 3 is 2.02 bits per heavy atom. The highest BCUT2D eigenvalue weighted by Crippen LogP contribution is 2.28. The first-order valence-corrected chi connectivity index (χ1v) is 16.3. The Hall–Kier alpha value is -2.80. The molecule has 0 spiro atoms. The standard InChI is InChI=1S/C32H55N5O7/c1-4-5-6-7-8-9-10-11-12-13-14-15-16-17-19-43-20-18-26(38)44-22-25(42-3)28(39)32(41)37-21-24(30(34)40)27-29(33)35-23(2)36-31(27)37/h21,25,28,32,39,41H,4-20,22H2,1-3H3,(H2,34,40)(H2,33,35,36)/t25-,28-,32-/m1/s1. The van der Waals surface area contributed by atoms with E-state index in [1.54, 1.807) is 6.92 Å². The predicted octanol–water partition coefficient (Wildman–Crippen LogP) is 4.72. The van der Waals surface area contributed by atoms with Crippen LogP contribution in [0.15, 0.2) is 6.20 Å². The number of nitrogens with two attached hydrogens (primary N) is 2. The van der Waals surface area contributed by atoms with E-state index in [0.29, 0.717) is 12.4 Å². The Labute approximate surface area is 261 Å². The van der Waals surface area contributed by atoms with E-state index in [1.807, 2.05) is 0 Å². The lowest BCUT2D eigenvalue weighted by molar-refractivity contribution is -0.158. The lowest BCUT2D eigenvalue weighted by atomic mass is 10.0. The quantitative estimate of drug-likeness (QED) is 0.0893. The summed E-state index contributed by atoms with van der Waals surface area (Å²) in [5, 5.41) is 21.9. The highest BCUT2D eigenvalue weighted by atomic mass is 16.6. The molecule has 0 saturated carbocycles. The van der Waals surface area contributed by atoms with Crippen molar-refractivity contribution >= 4 is 28.7 Å². The summed E-state index contributed by atoms with van der Waals surface area (Å²) < 4.78 is 17.3. The molecule has 2 aromatic rings. The highest BCUT2D eigenvalue weighted by molar-refractivity contribution is 6.08. The third kappa shape index (κ3) is 12.7. The van der Waals surface area contributed by atoms with Crippen LogP contribution in [0.1, 0.15) is 126 Å². The zero-order valence-corrected chi connectivity index (χ0v) is 27.0. The molecular formula is C32H55N5O7. The maximum Gasteiger partial charge on any atom is 0.308 e. The van der Waals surface area contributed by atoms with Crippen molar-refractivity contribution in [2.45, 2.75) is 129 Å². The van der Waals surface area contributed by atoms with Gasteiger partial charge in [0.05, 0.1) is 24.0 Å². The number of anilines is 1. The number of carbonyl (C=O) groups excluding carboxylic acids is 2. The monoisotopic (exact) mass is 621 g/mol. The molecule has 0 aromatic carbocycles. The number of aromatic nitrogens is 3. The van der Waals surface area contributed by atoms with Crippen LogP contribution >= 0.6 is 0 Å². The van der Waals surface area contributed by atoms with Crippen molar-refractivity contribution in [2.24, 2.45) is 5.73 Å². The number of rotatable bonds is 25. The van der Waals surface area contributed by atoms with E-state index < -0.39 is 30.3 Å². The minimum atomic E-state index is -1.61. The van der Waals surface area contributed by atoms with Gasteiger partial charge in [-0.1, -0.05) is 90.4 Å². The van der Waals surface area contributed by atoms with E-state index in [1.165, 1.54) is 94.9 Å². The molecule has 0 aliphatic heterocycles. The van der Waals surface area contributed by atoms with E-state index in [-0.39, 0.29) is 42.0 Å². The fraction of sp³-hybridized carbons (Fsp3) is 0.750. The third-order valence-corrected chi connectivity index (χ3v) is 7.85. The molecule has 12 heteroatoms. The molecule has 0 fully saturated rings. The summed E-state index contributed by atoms with van der Waals surface area (Å²) >= 11 is 0. The molecule has 44 heavy (non-hydrogen) atoms. The van der Waals surface area contributed by atoms with Crippen LogP contribution in [-0.4, -0.2) is 75.8 Å². The minimum Gasteiger partial charge on any atom is -0.463 e. The summed E-state index contributed by atoms with van der Waals surface area (Å²) in [7, 11) is 1.32. The van der Waals surface area contributed by atoms with Gasteiger partial charge in [-0.2, -0.15) is 0 Å². The van der Waals surface area contributed by atoms with Gasteiger partial charge in [-0.15, -0.1) is 0 Å². The molecule has 0 unspecified atom stereocenters. The Kier molecular flexibility index (Phi) is 17.9. The summed E-state index contributed by atoms with van der Waals surface area (Å²) in [6.45, 7) is 4.39. The minimum absolute atomic E-state index is 0.00164. The molecule has 12 nitrogen and oxygen atoms in total. The highest BCUT2D eigenvalue weighted by Gasteiger charge is 2.31. The van der Waals surface area contributed by atoms with Crippen LogP contribution in [0, 0.1) is 6.92 Å². The SMILES string of the molecule is CCCCCCCCCCCCCCCCOCCC(=O)OC[C@@H](OC)[C@@H](O)[C@@H](O)n1cc(C(N)=O)c2c(N)nc(C)nc21. The summed E-state index contributed by atoms with van der Waals surface area (Å²) in [5.41, 5.74) is 11.6. The van der Waals surface area contributed by atoms with E-state index >= 15 is 0 Å². The molecule has 0 saturated heterocycles. The Morgan fingerprint density at radius 1 is 0.909 bits per heavy atom.